The van der Waals surface area contributed by atoms with Gasteiger partial charge in [-0.2, -0.15) is 0 Å². The average molecular weight is 268 g/mol. The molecular formula is C10H22BrNO2. The van der Waals surface area contributed by atoms with E-state index < -0.39 is 0 Å². The molecule has 0 spiro atoms. The summed E-state index contributed by atoms with van der Waals surface area (Å²) in [6.45, 7) is 8.23. The summed E-state index contributed by atoms with van der Waals surface area (Å²) in [5, 5.41) is 0. The van der Waals surface area contributed by atoms with Crippen molar-refractivity contribution in [3.63, 3.8) is 0 Å². The van der Waals surface area contributed by atoms with Gasteiger partial charge < -0.3 is 10.9 Å². The number of hydrogen-bond donors (Lipinski definition) is 1. The first-order valence-electron chi connectivity index (χ1n) is 4.40. The highest BCUT2D eigenvalue weighted by molar-refractivity contribution is 8.93. The number of halogens is 1. The molecule has 0 saturated carbocycles. The van der Waals surface area contributed by atoms with Gasteiger partial charge in [-0.1, -0.05) is 18.9 Å². The quantitative estimate of drug-likeness (QED) is 0.482. The Labute approximate surface area is 97.3 Å². The molecular weight excluding hydrogens is 246 g/mol. The van der Waals surface area contributed by atoms with Crippen molar-refractivity contribution in [1.29, 1.82) is 0 Å². The Morgan fingerprint density at radius 1 is 1.21 bits per heavy atom. The molecule has 0 aliphatic carbocycles. The summed E-state index contributed by atoms with van der Waals surface area (Å²) in [5.74, 6) is -0.177. The van der Waals surface area contributed by atoms with Crippen LogP contribution in [0.4, 0.5) is 0 Å². The van der Waals surface area contributed by atoms with Crippen LogP contribution in [-0.4, -0.2) is 12.6 Å². The number of carbonyl (C=O) groups excluding carboxylic acids is 1. The lowest BCUT2D eigenvalue weighted by atomic mass is 10.2. The summed E-state index contributed by atoms with van der Waals surface area (Å²) in [6.07, 6.45) is 2.00. The molecule has 0 unspecified atom stereocenters. The topological polar surface area (TPSA) is 61.3 Å². The van der Waals surface area contributed by atoms with Crippen molar-refractivity contribution in [3.8, 4) is 0 Å². The third-order valence-electron chi connectivity index (χ3n) is 1.79. The first-order valence-corrected chi connectivity index (χ1v) is 4.40. The Kier molecular flexibility index (Phi) is 14.8. The second-order valence-corrected chi connectivity index (χ2v) is 3.11. The minimum atomic E-state index is -0.177. The number of unbranched alkanes of at least 4 members (excludes halogenated alkanes) is 1. The number of allylic oxidation sites excluding steroid dienone is 1. The fourth-order valence-electron chi connectivity index (χ4n) is 0.622. The third-order valence-corrected chi connectivity index (χ3v) is 1.79. The molecule has 86 valence electrons. The lowest BCUT2D eigenvalue weighted by Gasteiger charge is -2.04. The number of ether oxygens (including phenoxy) is 1. The van der Waals surface area contributed by atoms with Gasteiger partial charge in [0.25, 0.3) is 0 Å². The van der Waals surface area contributed by atoms with Crippen LogP contribution in [0.25, 0.3) is 0 Å². The lowest BCUT2D eigenvalue weighted by molar-refractivity contribution is -0.139. The van der Waals surface area contributed by atoms with Crippen LogP contribution in [0.15, 0.2) is 11.1 Å². The van der Waals surface area contributed by atoms with Crippen LogP contribution >= 0.6 is 17.0 Å². The van der Waals surface area contributed by atoms with E-state index in [0.717, 1.165) is 24.0 Å². The zero-order valence-electron chi connectivity index (χ0n) is 9.55. The van der Waals surface area contributed by atoms with Crippen molar-refractivity contribution in [2.45, 2.75) is 40.5 Å². The first-order chi connectivity index (χ1) is 5.59. The minimum Gasteiger partial charge on any atom is -0.462 e. The zero-order valence-corrected chi connectivity index (χ0v) is 11.3. The molecule has 0 saturated heterocycles. The smallest absolute Gasteiger partial charge is 0.333 e. The highest BCUT2D eigenvalue weighted by Crippen LogP contribution is 2.04. The van der Waals surface area contributed by atoms with Crippen molar-refractivity contribution < 1.29 is 9.53 Å². The summed E-state index contributed by atoms with van der Waals surface area (Å²) in [7, 11) is 0. The maximum absolute atomic E-state index is 11.2. The summed E-state index contributed by atoms with van der Waals surface area (Å²) in [4.78, 5) is 11.2. The zero-order chi connectivity index (χ0) is 9.56. The molecule has 0 aromatic rings. The van der Waals surface area contributed by atoms with Gasteiger partial charge in [-0.3, -0.25) is 0 Å². The molecule has 0 fully saturated rings. The van der Waals surface area contributed by atoms with E-state index in [-0.39, 0.29) is 29.1 Å². The maximum atomic E-state index is 11.2. The largest absolute Gasteiger partial charge is 0.462 e. The number of esters is 1. The Balaban J connectivity index is -0.000000605. The van der Waals surface area contributed by atoms with E-state index in [1.807, 2.05) is 13.8 Å². The summed E-state index contributed by atoms with van der Waals surface area (Å²) < 4.78 is 5.01. The molecule has 14 heavy (non-hydrogen) atoms. The van der Waals surface area contributed by atoms with Crippen LogP contribution in [0.1, 0.15) is 40.5 Å². The highest BCUT2D eigenvalue weighted by atomic mass is 79.9. The monoisotopic (exact) mass is 267 g/mol. The van der Waals surface area contributed by atoms with E-state index in [4.69, 9.17) is 4.74 Å². The van der Waals surface area contributed by atoms with Crippen LogP contribution in [0.2, 0.25) is 0 Å². The Bertz CT molecular complexity index is 187. The van der Waals surface area contributed by atoms with E-state index >= 15 is 0 Å². The number of carbonyl (C=O) groups is 1. The molecule has 0 aliphatic rings. The van der Waals surface area contributed by atoms with Gasteiger partial charge in [0.1, 0.15) is 0 Å². The maximum Gasteiger partial charge on any atom is 0.333 e. The van der Waals surface area contributed by atoms with Crippen LogP contribution in [0.5, 0.6) is 0 Å². The standard InChI is InChI=1S/C10H18O2.BrH.H3N/c1-5-6-7-12-10(11)9(4)8(2)3;;/h5-7H2,1-4H3;1H;1H3. The Morgan fingerprint density at radius 3 is 2.07 bits per heavy atom. The van der Waals surface area contributed by atoms with Crippen LogP contribution < -0.4 is 6.15 Å². The van der Waals surface area contributed by atoms with Gasteiger partial charge in [0.15, 0.2) is 0 Å². The third kappa shape index (κ3) is 8.26. The molecule has 3 nitrogen and oxygen atoms in total. The van der Waals surface area contributed by atoms with Gasteiger partial charge in [0, 0.05) is 5.57 Å². The predicted octanol–water partition coefficient (Wildman–Crippen LogP) is 3.43. The van der Waals surface area contributed by atoms with E-state index in [0.29, 0.717) is 6.61 Å². The molecule has 0 aliphatic heterocycles. The number of rotatable bonds is 4. The van der Waals surface area contributed by atoms with E-state index in [1.165, 1.54) is 0 Å². The van der Waals surface area contributed by atoms with Gasteiger partial charge in [0.2, 0.25) is 0 Å². The first kappa shape index (κ1) is 19.3. The molecule has 0 rings (SSSR count). The highest BCUT2D eigenvalue weighted by Gasteiger charge is 2.05. The normalized spacial score (nSPS) is 8.00. The molecule has 3 N–H and O–H groups in total. The van der Waals surface area contributed by atoms with Gasteiger partial charge in [-0.15, -0.1) is 17.0 Å². The van der Waals surface area contributed by atoms with Gasteiger partial charge >= 0.3 is 5.97 Å². The molecule has 0 atom stereocenters. The van der Waals surface area contributed by atoms with Gasteiger partial charge in [0.05, 0.1) is 6.61 Å². The van der Waals surface area contributed by atoms with Crippen molar-refractivity contribution in [2.24, 2.45) is 0 Å². The second-order valence-electron chi connectivity index (χ2n) is 3.11. The van der Waals surface area contributed by atoms with E-state index in [9.17, 15) is 4.79 Å². The summed E-state index contributed by atoms with van der Waals surface area (Å²) in [5.41, 5.74) is 1.75. The van der Waals surface area contributed by atoms with Crippen LogP contribution in [0.3, 0.4) is 0 Å². The van der Waals surface area contributed by atoms with E-state index in [2.05, 4.69) is 6.92 Å². The average Bonchev–Trinajstić information content (AvgIpc) is 2.03. The SMILES string of the molecule is Br.CCCCOC(=O)C(C)=C(C)C.N. The molecule has 0 heterocycles. The van der Waals surface area contributed by atoms with Crippen molar-refractivity contribution in [2.75, 3.05) is 6.61 Å². The summed E-state index contributed by atoms with van der Waals surface area (Å²) >= 11 is 0. The fourth-order valence-corrected chi connectivity index (χ4v) is 0.622. The number of hydrogen-bond acceptors (Lipinski definition) is 3. The summed E-state index contributed by atoms with van der Waals surface area (Å²) in [6, 6.07) is 0. The van der Waals surface area contributed by atoms with Crippen LogP contribution in [-0.2, 0) is 9.53 Å². The van der Waals surface area contributed by atoms with E-state index in [1.54, 1.807) is 6.92 Å². The van der Waals surface area contributed by atoms with Crippen LogP contribution in [0, 0.1) is 0 Å². The molecule has 0 aromatic carbocycles. The second kappa shape index (κ2) is 10.7. The molecule has 0 radical (unpaired) electrons. The van der Waals surface area contributed by atoms with Gasteiger partial charge in [-0.25, -0.2) is 4.79 Å². The predicted molar refractivity (Wildman–Crippen MR) is 65.3 cm³/mol. The van der Waals surface area contributed by atoms with Gasteiger partial charge in [-0.05, 0) is 27.2 Å². The molecule has 0 bridgehead atoms. The minimum absolute atomic E-state index is 0. The van der Waals surface area contributed by atoms with Crippen molar-refractivity contribution >= 4 is 23.0 Å². The Hall–Kier alpha value is -0.350. The van der Waals surface area contributed by atoms with Crippen molar-refractivity contribution in [1.82, 2.24) is 6.15 Å². The molecule has 4 heteroatoms. The molecule has 0 amide bonds. The Morgan fingerprint density at radius 2 is 1.71 bits per heavy atom. The van der Waals surface area contributed by atoms with Crippen molar-refractivity contribution in [3.05, 3.63) is 11.1 Å². The molecule has 0 aromatic heterocycles. The fraction of sp³-hybridized carbons (Fsp3) is 0.700. The lowest BCUT2D eigenvalue weighted by Crippen LogP contribution is -2.07.